The first-order valence-electron chi connectivity index (χ1n) is 9.72. The predicted molar refractivity (Wildman–Crippen MR) is 113 cm³/mol. The lowest BCUT2D eigenvalue weighted by atomic mass is 10.1. The van der Waals surface area contributed by atoms with Gasteiger partial charge in [0, 0.05) is 35.8 Å². The van der Waals surface area contributed by atoms with Crippen molar-refractivity contribution >= 4 is 34.4 Å². The van der Waals surface area contributed by atoms with E-state index in [1.54, 1.807) is 12.5 Å². The van der Waals surface area contributed by atoms with Gasteiger partial charge in [0.2, 0.25) is 5.95 Å². The molecule has 0 radical (unpaired) electrons. The Labute approximate surface area is 172 Å². The van der Waals surface area contributed by atoms with Crippen molar-refractivity contribution in [2.45, 2.75) is 24.5 Å². The van der Waals surface area contributed by atoms with Crippen LogP contribution in [0.15, 0.2) is 58.4 Å². The van der Waals surface area contributed by atoms with Gasteiger partial charge in [0.25, 0.3) is 0 Å². The molecule has 3 aromatic heterocycles. The van der Waals surface area contributed by atoms with Crippen molar-refractivity contribution in [2.75, 3.05) is 23.7 Å². The molecular formula is C21H21N5O2S. The smallest absolute Gasteiger partial charge is 0.228 e. The number of nitrogens with one attached hydrogen (secondary N) is 1. The Morgan fingerprint density at radius 3 is 2.83 bits per heavy atom. The van der Waals surface area contributed by atoms with E-state index in [0.29, 0.717) is 17.9 Å². The normalized spacial score (nSPS) is 14.1. The van der Waals surface area contributed by atoms with Gasteiger partial charge in [0.05, 0.1) is 18.6 Å². The molecule has 1 aromatic carbocycles. The molecule has 4 aromatic rings. The number of aromatic amines is 1. The number of rotatable bonds is 7. The van der Waals surface area contributed by atoms with Gasteiger partial charge in [-0.05, 0) is 31.0 Å². The largest absolute Gasteiger partial charge is 0.467 e. The van der Waals surface area contributed by atoms with E-state index in [2.05, 4.69) is 24.6 Å². The van der Waals surface area contributed by atoms with E-state index in [-0.39, 0.29) is 5.78 Å². The number of Topliss-reactive ketones (excluding diaryl/α,β-unsaturated/α-hetero) is 1. The van der Waals surface area contributed by atoms with E-state index >= 15 is 0 Å². The van der Waals surface area contributed by atoms with Crippen LogP contribution in [0.1, 0.15) is 29.0 Å². The first-order valence-corrected chi connectivity index (χ1v) is 10.7. The number of carbonyl (C=O) groups excluding carboxylic acids is 1. The Hall–Kier alpha value is -3.00. The minimum Gasteiger partial charge on any atom is -0.467 e. The van der Waals surface area contributed by atoms with Crippen molar-refractivity contribution in [1.82, 2.24) is 19.7 Å². The molecule has 0 aliphatic carbocycles. The van der Waals surface area contributed by atoms with Crippen molar-refractivity contribution < 1.29 is 9.21 Å². The van der Waals surface area contributed by atoms with Gasteiger partial charge in [-0.2, -0.15) is 0 Å². The van der Waals surface area contributed by atoms with Crippen LogP contribution in [0.5, 0.6) is 0 Å². The van der Waals surface area contributed by atoms with Crippen LogP contribution in [0.25, 0.3) is 10.9 Å². The lowest BCUT2D eigenvalue weighted by molar-refractivity contribution is 0.102. The molecule has 0 saturated carbocycles. The molecule has 5 rings (SSSR count). The molecule has 8 heteroatoms. The van der Waals surface area contributed by atoms with Crippen LogP contribution in [-0.4, -0.2) is 44.4 Å². The summed E-state index contributed by atoms with van der Waals surface area (Å²) in [5.41, 5.74) is 1.68. The summed E-state index contributed by atoms with van der Waals surface area (Å²) in [5, 5.41) is 10.5. The number of aromatic nitrogens is 4. The van der Waals surface area contributed by atoms with Crippen LogP contribution in [-0.2, 0) is 6.54 Å². The summed E-state index contributed by atoms with van der Waals surface area (Å²) in [7, 11) is 0. The number of ketones is 1. The summed E-state index contributed by atoms with van der Waals surface area (Å²) in [5.74, 6) is 2.07. The van der Waals surface area contributed by atoms with E-state index in [1.165, 1.54) is 11.8 Å². The van der Waals surface area contributed by atoms with Crippen LogP contribution >= 0.6 is 11.8 Å². The lowest BCUT2D eigenvalue weighted by Crippen LogP contribution is -2.22. The summed E-state index contributed by atoms with van der Waals surface area (Å²) < 4.78 is 7.59. The molecule has 0 unspecified atom stereocenters. The Morgan fingerprint density at radius 1 is 1.14 bits per heavy atom. The minimum atomic E-state index is 0.0720. The number of anilines is 1. The van der Waals surface area contributed by atoms with Crippen LogP contribution < -0.4 is 4.90 Å². The zero-order chi connectivity index (χ0) is 19.6. The summed E-state index contributed by atoms with van der Waals surface area (Å²) in [4.78, 5) is 18.3. The molecule has 7 nitrogen and oxygen atoms in total. The zero-order valence-electron chi connectivity index (χ0n) is 15.9. The fourth-order valence-electron chi connectivity index (χ4n) is 3.75. The van der Waals surface area contributed by atoms with Crippen LogP contribution in [0.4, 0.5) is 5.95 Å². The van der Waals surface area contributed by atoms with Crippen molar-refractivity contribution in [3.63, 3.8) is 0 Å². The second-order valence-electron chi connectivity index (χ2n) is 7.10. The third-order valence-electron chi connectivity index (χ3n) is 5.20. The van der Waals surface area contributed by atoms with Crippen molar-refractivity contribution in [3.05, 3.63) is 60.2 Å². The molecule has 0 amide bonds. The van der Waals surface area contributed by atoms with E-state index in [1.807, 2.05) is 36.4 Å². The van der Waals surface area contributed by atoms with Crippen LogP contribution in [0, 0.1) is 0 Å². The molecule has 0 spiro atoms. The van der Waals surface area contributed by atoms with Crippen molar-refractivity contribution in [2.24, 2.45) is 0 Å². The van der Waals surface area contributed by atoms with Gasteiger partial charge in [-0.1, -0.05) is 30.0 Å². The first-order chi connectivity index (χ1) is 14.3. The summed E-state index contributed by atoms with van der Waals surface area (Å²) in [6.45, 7) is 2.51. The third-order valence-corrected chi connectivity index (χ3v) is 6.17. The standard InChI is InChI=1S/C21H21N5O2S/c27-19(17-12-22-18-8-2-1-7-16(17)18)14-29-21-24-23-20(25-9-3-4-10-25)26(21)13-15-6-5-11-28-15/h1-2,5-8,11-12,22H,3-4,9-10,13-14H2. The zero-order valence-corrected chi connectivity index (χ0v) is 16.7. The molecule has 4 heterocycles. The second-order valence-corrected chi connectivity index (χ2v) is 8.04. The third kappa shape index (κ3) is 3.55. The number of furan rings is 1. The molecule has 1 N–H and O–H groups in total. The Bertz CT molecular complexity index is 1130. The van der Waals surface area contributed by atoms with E-state index in [4.69, 9.17) is 4.42 Å². The number of fused-ring (bicyclic) bond motifs is 1. The van der Waals surface area contributed by atoms with Crippen molar-refractivity contribution in [1.29, 1.82) is 0 Å². The molecule has 1 aliphatic rings. The van der Waals surface area contributed by atoms with Crippen LogP contribution in [0.3, 0.4) is 0 Å². The van der Waals surface area contributed by atoms with Gasteiger partial charge >= 0.3 is 0 Å². The lowest BCUT2D eigenvalue weighted by Gasteiger charge is -2.17. The van der Waals surface area contributed by atoms with Crippen molar-refractivity contribution in [3.8, 4) is 0 Å². The number of carbonyl (C=O) groups is 1. The van der Waals surface area contributed by atoms with Gasteiger partial charge in [-0.15, -0.1) is 10.2 Å². The SMILES string of the molecule is O=C(CSc1nnc(N2CCCC2)n1Cc1ccco1)c1c[nH]c2ccccc12. The number of para-hydroxylation sites is 1. The molecule has 1 aliphatic heterocycles. The van der Waals surface area contributed by atoms with E-state index in [0.717, 1.165) is 53.7 Å². The Morgan fingerprint density at radius 2 is 2.00 bits per heavy atom. The molecular weight excluding hydrogens is 386 g/mol. The maximum Gasteiger partial charge on any atom is 0.228 e. The highest BCUT2D eigenvalue weighted by Crippen LogP contribution is 2.27. The quantitative estimate of drug-likeness (QED) is 0.369. The number of hydrogen-bond acceptors (Lipinski definition) is 6. The van der Waals surface area contributed by atoms with Gasteiger partial charge in [-0.3, -0.25) is 9.36 Å². The summed E-state index contributed by atoms with van der Waals surface area (Å²) >= 11 is 1.42. The summed E-state index contributed by atoms with van der Waals surface area (Å²) in [6, 6.07) is 11.7. The number of thioether (sulfide) groups is 1. The number of benzene rings is 1. The average molecular weight is 407 g/mol. The van der Waals surface area contributed by atoms with E-state index in [9.17, 15) is 4.79 Å². The minimum absolute atomic E-state index is 0.0720. The second kappa shape index (κ2) is 7.79. The monoisotopic (exact) mass is 407 g/mol. The Balaban J connectivity index is 1.38. The Kier molecular flexibility index (Phi) is 4.85. The maximum absolute atomic E-state index is 12.9. The van der Waals surface area contributed by atoms with Crippen LogP contribution in [0.2, 0.25) is 0 Å². The topological polar surface area (TPSA) is 79.9 Å². The van der Waals surface area contributed by atoms with Gasteiger partial charge in [0.1, 0.15) is 5.76 Å². The molecule has 0 bridgehead atoms. The summed E-state index contributed by atoms with van der Waals surface area (Å²) in [6.07, 6.45) is 5.78. The fourth-order valence-corrected chi connectivity index (χ4v) is 4.56. The molecule has 148 valence electrons. The molecule has 1 saturated heterocycles. The van der Waals surface area contributed by atoms with Gasteiger partial charge in [0.15, 0.2) is 10.9 Å². The molecule has 1 fully saturated rings. The number of H-pyrrole nitrogens is 1. The molecule has 0 atom stereocenters. The fraction of sp³-hybridized carbons (Fsp3) is 0.286. The average Bonchev–Trinajstić information content (AvgIpc) is 3.53. The number of nitrogens with zero attached hydrogens (tertiary/aromatic N) is 4. The molecule has 29 heavy (non-hydrogen) atoms. The highest BCUT2D eigenvalue weighted by atomic mass is 32.2. The first kappa shape index (κ1) is 18.1. The maximum atomic E-state index is 12.9. The number of hydrogen-bond donors (Lipinski definition) is 1. The predicted octanol–water partition coefficient (Wildman–Crippen LogP) is 3.98. The highest BCUT2D eigenvalue weighted by molar-refractivity contribution is 7.99. The highest BCUT2D eigenvalue weighted by Gasteiger charge is 2.23. The van der Waals surface area contributed by atoms with Gasteiger partial charge in [-0.25, -0.2) is 0 Å². The van der Waals surface area contributed by atoms with E-state index < -0.39 is 0 Å². The van der Waals surface area contributed by atoms with Gasteiger partial charge < -0.3 is 14.3 Å².